The molecule has 1 N–H and O–H groups in total. The minimum atomic E-state index is 0.417. The average molecular weight is 176 g/mol. The Kier molecular flexibility index (Phi) is 2.87. The van der Waals surface area contributed by atoms with Crippen LogP contribution in [0.3, 0.4) is 0 Å². The molecule has 0 saturated heterocycles. The molecule has 1 rings (SSSR count). The minimum absolute atomic E-state index is 0.417. The molecule has 4 nitrogen and oxygen atoms in total. The first-order valence-electron chi connectivity index (χ1n) is 3.57. The van der Waals surface area contributed by atoms with Crippen LogP contribution in [0.25, 0.3) is 0 Å². The lowest BCUT2D eigenvalue weighted by molar-refractivity contribution is 0.322. The number of hydrogen-bond acceptors (Lipinski definition) is 4. The van der Waals surface area contributed by atoms with Crippen molar-refractivity contribution in [2.45, 2.75) is 0 Å². The van der Waals surface area contributed by atoms with Crippen molar-refractivity contribution in [1.29, 1.82) is 5.26 Å². The highest BCUT2D eigenvalue weighted by atomic mass is 16.5. The Hall–Kier alpha value is -2.02. The first-order chi connectivity index (χ1) is 6.31. The fourth-order valence-corrected chi connectivity index (χ4v) is 0.960. The van der Waals surface area contributed by atoms with Gasteiger partial charge in [-0.05, 0) is 23.8 Å². The summed E-state index contributed by atoms with van der Waals surface area (Å²) in [4.78, 5) is 0. The Bertz CT molecular complexity index is 366. The smallest absolute Gasteiger partial charge is 0.136 e. The molecule has 0 atom stereocenters. The van der Waals surface area contributed by atoms with Crippen LogP contribution < -0.4 is 4.74 Å². The Morgan fingerprint density at radius 2 is 2.38 bits per heavy atom. The molecule has 0 amide bonds. The zero-order valence-electron chi connectivity index (χ0n) is 7.06. The van der Waals surface area contributed by atoms with Gasteiger partial charge >= 0.3 is 0 Å². The van der Waals surface area contributed by atoms with E-state index in [1.54, 1.807) is 18.2 Å². The Labute approximate surface area is 75.7 Å². The molecule has 0 aliphatic carbocycles. The van der Waals surface area contributed by atoms with Gasteiger partial charge in [-0.2, -0.15) is 5.26 Å². The maximum atomic E-state index is 8.71. The third-order valence-corrected chi connectivity index (χ3v) is 1.55. The number of nitrogens with zero attached hydrogens (tertiary/aromatic N) is 2. The lowest BCUT2D eigenvalue weighted by atomic mass is 10.1. The topological polar surface area (TPSA) is 65.6 Å². The van der Waals surface area contributed by atoms with Crippen molar-refractivity contribution < 1.29 is 9.94 Å². The fourth-order valence-electron chi connectivity index (χ4n) is 0.960. The van der Waals surface area contributed by atoms with E-state index in [2.05, 4.69) is 5.16 Å². The van der Waals surface area contributed by atoms with Crippen molar-refractivity contribution in [3.63, 3.8) is 0 Å². The number of methoxy groups -OCH3 is 1. The molecule has 0 aliphatic rings. The van der Waals surface area contributed by atoms with Crippen LogP contribution in [0, 0.1) is 11.3 Å². The number of ether oxygens (including phenoxy) is 1. The highest BCUT2D eigenvalue weighted by molar-refractivity contribution is 5.80. The Balaban J connectivity index is 3.15. The molecule has 0 aromatic heterocycles. The van der Waals surface area contributed by atoms with Crippen LogP contribution in [-0.4, -0.2) is 18.5 Å². The van der Waals surface area contributed by atoms with E-state index < -0.39 is 0 Å². The van der Waals surface area contributed by atoms with E-state index >= 15 is 0 Å². The second-order valence-electron chi connectivity index (χ2n) is 2.32. The van der Waals surface area contributed by atoms with Gasteiger partial charge in [0.2, 0.25) is 0 Å². The largest absolute Gasteiger partial charge is 0.495 e. The quantitative estimate of drug-likeness (QED) is 0.420. The summed E-state index contributed by atoms with van der Waals surface area (Å²) in [7, 11) is 1.50. The average Bonchev–Trinajstić information content (AvgIpc) is 2.18. The first-order valence-corrected chi connectivity index (χ1v) is 3.57. The number of oxime groups is 1. The summed E-state index contributed by atoms with van der Waals surface area (Å²) in [6.07, 6.45) is 1.25. The van der Waals surface area contributed by atoms with Gasteiger partial charge in [-0.25, -0.2) is 0 Å². The van der Waals surface area contributed by atoms with Crippen LogP contribution in [0.5, 0.6) is 5.75 Å². The summed E-state index contributed by atoms with van der Waals surface area (Å²) in [5.41, 5.74) is 1.07. The molecule has 0 bridgehead atoms. The zero-order valence-corrected chi connectivity index (χ0v) is 7.06. The summed E-state index contributed by atoms with van der Waals surface area (Å²) in [6, 6.07) is 6.90. The minimum Gasteiger partial charge on any atom is -0.495 e. The molecule has 1 aromatic carbocycles. The van der Waals surface area contributed by atoms with Crippen molar-refractivity contribution in [2.24, 2.45) is 5.16 Å². The van der Waals surface area contributed by atoms with E-state index in [9.17, 15) is 0 Å². The lowest BCUT2D eigenvalue weighted by Gasteiger charge is -2.01. The Morgan fingerprint density at radius 3 is 2.92 bits per heavy atom. The molecule has 0 fully saturated rings. The van der Waals surface area contributed by atoms with E-state index in [0.29, 0.717) is 16.9 Å². The molecule has 0 aliphatic heterocycles. The number of hydrogen-bond donors (Lipinski definition) is 1. The van der Waals surface area contributed by atoms with Gasteiger partial charge in [0.05, 0.1) is 18.9 Å². The van der Waals surface area contributed by atoms with Crippen molar-refractivity contribution >= 4 is 6.21 Å². The van der Waals surface area contributed by atoms with Gasteiger partial charge in [-0.1, -0.05) is 5.16 Å². The van der Waals surface area contributed by atoms with Gasteiger partial charge in [0.25, 0.3) is 0 Å². The fraction of sp³-hybridized carbons (Fsp3) is 0.111. The van der Waals surface area contributed by atoms with E-state index in [0.717, 1.165) is 0 Å². The van der Waals surface area contributed by atoms with Gasteiger partial charge < -0.3 is 9.94 Å². The van der Waals surface area contributed by atoms with E-state index in [4.69, 9.17) is 15.2 Å². The van der Waals surface area contributed by atoms with E-state index in [1.165, 1.54) is 13.3 Å². The van der Waals surface area contributed by atoms with Gasteiger partial charge in [-0.3, -0.25) is 0 Å². The van der Waals surface area contributed by atoms with Crippen LogP contribution in [0.4, 0.5) is 0 Å². The molecule has 0 saturated carbocycles. The highest BCUT2D eigenvalue weighted by Crippen LogP contribution is 2.17. The third-order valence-electron chi connectivity index (χ3n) is 1.55. The third kappa shape index (κ3) is 1.97. The first kappa shape index (κ1) is 9.07. The molecule has 0 radical (unpaired) electrons. The van der Waals surface area contributed by atoms with Crippen LogP contribution in [0.2, 0.25) is 0 Å². The van der Waals surface area contributed by atoms with Crippen molar-refractivity contribution in [1.82, 2.24) is 0 Å². The molecule has 1 aromatic rings. The van der Waals surface area contributed by atoms with Crippen molar-refractivity contribution in [3.05, 3.63) is 29.3 Å². The van der Waals surface area contributed by atoms with Crippen LogP contribution in [0.15, 0.2) is 23.4 Å². The van der Waals surface area contributed by atoms with Crippen molar-refractivity contribution in [2.75, 3.05) is 7.11 Å². The predicted octanol–water partition coefficient (Wildman–Crippen LogP) is 1.37. The van der Waals surface area contributed by atoms with Crippen LogP contribution >= 0.6 is 0 Å². The monoisotopic (exact) mass is 176 g/mol. The molecule has 13 heavy (non-hydrogen) atoms. The maximum Gasteiger partial charge on any atom is 0.136 e. The lowest BCUT2D eigenvalue weighted by Crippen LogP contribution is -1.90. The summed E-state index contributed by atoms with van der Waals surface area (Å²) >= 11 is 0. The van der Waals surface area contributed by atoms with Gasteiger partial charge in [-0.15, -0.1) is 0 Å². The zero-order chi connectivity index (χ0) is 9.68. The normalized spacial score (nSPS) is 9.85. The molecular formula is C9H8N2O2. The second-order valence-corrected chi connectivity index (χ2v) is 2.32. The van der Waals surface area contributed by atoms with Crippen LogP contribution in [0.1, 0.15) is 11.1 Å². The van der Waals surface area contributed by atoms with Crippen LogP contribution in [-0.2, 0) is 0 Å². The maximum absolute atomic E-state index is 8.71. The van der Waals surface area contributed by atoms with Gasteiger partial charge in [0.15, 0.2) is 0 Å². The highest BCUT2D eigenvalue weighted by Gasteiger charge is 2.01. The molecular weight excluding hydrogens is 168 g/mol. The standard InChI is InChI=1S/C9H8N2O2/c1-13-9-3-2-7(6-11-12)4-8(9)5-10/h2-4,6,12H,1H3/b11-6+. The number of benzene rings is 1. The molecule has 0 unspecified atom stereocenters. The predicted molar refractivity (Wildman–Crippen MR) is 47.1 cm³/mol. The van der Waals surface area contributed by atoms with Crippen molar-refractivity contribution in [3.8, 4) is 11.8 Å². The molecule has 4 heteroatoms. The van der Waals surface area contributed by atoms with Gasteiger partial charge in [0, 0.05) is 0 Å². The molecule has 0 heterocycles. The summed E-state index contributed by atoms with van der Waals surface area (Å²) < 4.78 is 4.94. The summed E-state index contributed by atoms with van der Waals surface area (Å²) in [5, 5.41) is 19.8. The Morgan fingerprint density at radius 1 is 1.62 bits per heavy atom. The van der Waals surface area contributed by atoms with E-state index in [1.807, 2.05) is 6.07 Å². The summed E-state index contributed by atoms with van der Waals surface area (Å²) in [5.74, 6) is 0.512. The van der Waals surface area contributed by atoms with E-state index in [-0.39, 0.29) is 0 Å². The molecule has 66 valence electrons. The number of nitriles is 1. The second kappa shape index (κ2) is 4.12. The SMILES string of the molecule is COc1ccc(/C=N/O)cc1C#N. The number of rotatable bonds is 2. The summed E-state index contributed by atoms with van der Waals surface area (Å²) in [6.45, 7) is 0. The molecule has 0 spiro atoms. The van der Waals surface area contributed by atoms with Gasteiger partial charge in [0.1, 0.15) is 11.8 Å².